The Morgan fingerprint density at radius 3 is 2.92 bits per heavy atom. The molecular weight excluding hydrogens is 302 g/mol. The van der Waals surface area contributed by atoms with Gasteiger partial charge in [0.25, 0.3) is 0 Å². The molecule has 0 saturated heterocycles. The topological polar surface area (TPSA) is 53.9 Å². The largest absolute Gasteiger partial charge is 0.444 e. The Bertz CT molecular complexity index is 634. The zero-order valence-electron chi connectivity index (χ0n) is 14.8. The third kappa shape index (κ3) is 4.08. The third-order valence-corrected chi connectivity index (χ3v) is 4.38. The van der Waals surface area contributed by atoms with Gasteiger partial charge in [-0.1, -0.05) is 24.3 Å². The third-order valence-electron chi connectivity index (χ3n) is 4.38. The van der Waals surface area contributed by atoms with Crippen LogP contribution in [-0.4, -0.2) is 42.1 Å². The van der Waals surface area contributed by atoms with Crippen molar-refractivity contribution >= 4 is 11.9 Å². The first kappa shape index (κ1) is 16.8. The van der Waals surface area contributed by atoms with Gasteiger partial charge in [-0.15, -0.1) is 0 Å². The lowest BCUT2D eigenvalue weighted by atomic mass is 9.87. The highest BCUT2D eigenvalue weighted by atomic mass is 16.6. The fourth-order valence-electron chi connectivity index (χ4n) is 3.29. The minimum atomic E-state index is -0.471. The van der Waals surface area contributed by atoms with Crippen molar-refractivity contribution in [3.8, 4) is 0 Å². The molecule has 0 aromatic heterocycles. The highest BCUT2D eigenvalue weighted by Crippen LogP contribution is 2.29. The molecular formula is C19H27N3O2. The lowest BCUT2D eigenvalue weighted by molar-refractivity contribution is 0.0276. The quantitative estimate of drug-likeness (QED) is 0.860. The molecule has 1 N–H and O–H groups in total. The van der Waals surface area contributed by atoms with Crippen LogP contribution in [0.2, 0.25) is 0 Å². The minimum absolute atomic E-state index is 0.263. The van der Waals surface area contributed by atoms with Crippen molar-refractivity contribution in [3.63, 3.8) is 0 Å². The summed E-state index contributed by atoms with van der Waals surface area (Å²) in [5.74, 6) is 0.883. The number of carbonyl (C=O) groups is 1. The van der Waals surface area contributed by atoms with Crippen LogP contribution in [0.4, 0.5) is 4.79 Å². The van der Waals surface area contributed by atoms with E-state index in [0.29, 0.717) is 19.6 Å². The Morgan fingerprint density at radius 1 is 1.33 bits per heavy atom. The minimum Gasteiger partial charge on any atom is -0.444 e. The molecule has 1 heterocycles. The lowest BCUT2D eigenvalue weighted by Gasteiger charge is -2.33. The Kier molecular flexibility index (Phi) is 4.78. The van der Waals surface area contributed by atoms with Crippen LogP contribution < -0.4 is 5.32 Å². The summed E-state index contributed by atoms with van der Waals surface area (Å²) in [5, 5.41) is 3.56. The number of hydrogen-bond acceptors (Lipinski definition) is 4. The zero-order valence-corrected chi connectivity index (χ0v) is 14.8. The normalized spacial score (nSPS) is 20.9. The Labute approximate surface area is 144 Å². The van der Waals surface area contributed by atoms with Crippen LogP contribution in [0.5, 0.6) is 0 Å². The van der Waals surface area contributed by atoms with E-state index in [1.165, 1.54) is 17.5 Å². The van der Waals surface area contributed by atoms with E-state index >= 15 is 0 Å². The first-order valence-electron chi connectivity index (χ1n) is 8.78. The lowest BCUT2D eigenvalue weighted by Crippen LogP contribution is -2.48. The molecule has 1 unspecified atom stereocenters. The number of carbonyl (C=O) groups excluding carboxylic acids is 1. The summed E-state index contributed by atoms with van der Waals surface area (Å²) in [6.45, 7) is 7.40. The van der Waals surface area contributed by atoms with Crippen LogP contribution in [0.15, 0.2) is 29.3 Å². The first-order chi connectivity index (χ1) is 11.4. The van der Waals surface area contributed by atoms with E-state index in [9.17, 15) is 4.79 Å². The van der Waals surface area contributed by atoms with Crippen LogP contribution in [0, 0.1) is 0 Å². The van der Waals surface area contributed by atoms with E-state index in [0.717, 1.165) is 18.7 Å². The van der Waals surface area contributed by atoms with Gasteiger partial charge in [0, 0.05) is 6.54 Å². The molecule has 2 aliphatic rings. The second kappa shape index (κ2) is 6.83. The van der Waals surface area contributed by atoms with Gasteiger partial charge in [0.15, 0.2) is 0 Å². The fraction of sp³-hybridized carbons (Fsp3) is 0.579. The Balaban J connectivity index is 1.64. The van der Waals surface area contributed by atoms with Crippen molar-refractivity contribution < 1.29 is 9.53 Å². The van der Waals surface area contributed by atoms with Crippen molar-refractivity contribution in [2.24, 2.45) is 4.99 Å². The molecule has 1 aromatic rings. The monoisotopic (exact) mass is 329 g/mol. The molecule has 0 bridgehead atoms. The Hall–Kier alpha value is -2.04. The fourth-order valence-corrected chi connectivity index (χ4v) is 3.29. The van der Waals surface area contributed by atoms with Gasteiger partial charge in [-0.25, -0.2) is 4.79 Å². The molecule has 1 aliphatic heterocycles. The summed E-state index contributed by atoms with van der Waals surface area (Å²) >= 11 is 0. The van der Waals surface area contributed by atoms with Gasteiger partial charge in [-0.05, 0) is 51.2 Å². The smallest absolute Gasteiger partial charge is 0.410 e. The van der Waals surface area contributed by atoms with Gasteiger partial charge in [0.05, 0.1) is 19.1 Å². The number of ether oxygens (including phenoxy) is 1. The second-order valence-corrected chi connectivity index (χ2v) is 7.52. The van der Waals surface area contributed by atoms with Crippen LogP contribution in [-0.2, 0) is 11.2 Å². The van der Waals surface area contributed by atoms with Gasteiger partial charge in [-0.3, -0.25) is 9.89 Å². The summed E-state index contributed by atoms with van der Waals surface area (Å²) in [6.07, 6.45) is 3.16. The number of hydrogen-bond donors (Lipinski definition) is 1. The van der Waals surface area contributed by atoms with Gasteiger partial charge in [-0.2, -0.15) is 0 Å². The van der Waals surface area contributed by atoms with Crippen LogP contribution in [0.3, 0.4) is 0 Å². The maximum atomic E-state index is 12.3. The van der Waals surface area contributed by atoms with Gasteiger partial charge < -0.3 is 10.1 Å². The van der Waals surface area contributed by atoms with Crippen molar-refractivity contribution in [1.29, 1.82) is 0 Å². The SMILES string of the molecule is CC(C)(C)OC(=O)N1CCN=C(NC2CCCc3ccccc32)C1. The van der Waals surface area contributed by atoms with Crippen molar-refractivity contribution in [2.45, 2.75) is 51.7 Å². The molecule has 3 rings (SSSR count). The summed E-state index contributed by atoms with van der Waals surface area (Å²) in [4.78, 5) is 18.6. The molecule has 0 saturated carbocycles. The van der Waals surface area contributed by atoms with E-state index in [4.69, 9.17) is 4.74 Å². The molecule has 5 nitrogen and oxygen atoms in total. The molecule has 1 amide bonds. The summed E-state index contributed by atoms with van der Waals surface area (Å²) < 4.78 is 5.48. The van der Waals surface area contributed by atoms with E-state index < -0.39 is 5.60 Å². The van der Waals surface area contributed by atoms with E-state index in [1.807, 2.05) is 20.8 Å². The number of aryl methyl sites for hydroxylation is 1. The molecule has 5 heteroatoms. The van der Waals surface area contributed by atoms with Gasteiger partial charge >= 0.3 is 6.09 Å². The number of amides is 1. The van der Waals surface area contributed by atoms with Crippen molar-refractivity contribution in [2.75, 3.05) is 19.6 Å². The first-order valence-corrected chi connectivity index (χ1v) is 8.78. The highest BCUT2D eigenvalue weighted by Gasteiger charge is 2.27. The van der Waals surface area contributed by atoms with E-state index in [-0.39, 0.29) is 12.1 Å². The molecule has 130 valence electrons. The Morgan fingerprint density at radius 2 is 2.12 bits per heavy atom. The predicted molar refractivity (Wildman–Crippen MR) is 95.4 cm³/mol. The summed E-state index contributed by atoms with van der Waals surface area (Å²) in [6, 6.07) is 8.88. The predicted octanol–water partition coefficient (Wildman–Crippen LogP) is 3.30. The molecule has 0 fully saturated rings. The number of nitrogens with zero attached hydrogens (tertiary/aromatic N) is 2. The van der Waals surface area contributed by atoms with Crippen molar-refractivity contribution in [1.82, 2.24) is 10.2 Å². The molecule has 1 aromatic carbocycles. The maximum Gasteiger partial charge on any atom is 0.410 e. The zero-order chi connectivity index (χ0) is 17.2. The number of benzene rings is 1. The van der Waals surface area contributed by atoms with E-state index in [2.05, 4.69) is 34.6 Å². The van der Waals surface area contributed by atoms with Crippen LogP contribution in [0.25, 0.3) is 0 Å². The average Bonchev–Trinajstić information content (AvgIpc) is 2.54. The molecule has 0 radical (unpaired) electrons. The van der Waals surface area contributed by atoms with Crippen LogP contribution in [0.1, 0.15) is 50.8 Å². The number of nitrogens with one attached hydrogen (secondary N) is 1. The summed E-state index contributed by atoms with van der Waals surface area (Å²) in [5.41, 5.74) is 2.31. The number of amidine groups is 1. The number of aliphatic imine (C=N–C) groups is 1. The van der Waals surface area contributed by atoms with Crippen molar-refractivity contribution in [3.05, 3.63) is 35.4 Å². The number of fused-ring (bicyclic) bond motifs is 1. The summed E-state index contributed by atoms with van der Waals surface area (Å²) in [7, 11) is 0. The average molecular weight is 329 g/mol. The molecule has 1 atom stereocenters. The second-order valence-electron chi connectivity index (χ2n) is 7.52. The molecule has 1 aliphatic carbocycles. The van der Waals surface area contributed by atoms with Gasteiger partial charge in [0.1, 0.15) is 11.4 Å². The van der Waals surface area contributed by atoms with Crippen LogP contribution >= 0.6 is 0 Å². The maximum absolute atomic E-state index is 12.3. The highest BCUT2D eigenvalue weighted by molar-refractivity contribution is 5.88. The molecule has 24 heavy (non-hydrogen) atoms. The number of rotatable bonds is 1. The van der Waals surface area contributed by atoms with Gasteiger partial charge in [0.2, 0.25) is 0 Å². The van der Waals surface area contributed by atoms with E-state index in [1.54, 1.807) is 4.90 Å². The standard InChI is InChI=1S/C19H27N3O2/c1-19(2,3)24-18(23)22-12-11-20-17(13-22)21-16-10-6-8-14-7-4-5-9-15(14)16/h4-5,7,9,16H,6,8,10-13H2,1-3H3,(H,20,21). The molecule has 0 spiro atoms.